The van der Waals surface area contributed by atoms with Crippen molar-refractivity contribution in [2.75, 3.05) is 6.61 Å². The number of rotatable bonds is 7. The SMILES string of the molecule is CCOc1c(C(=C=O)[P+](c2ccccc2)(c2ccccc2)c2ccccc2)nc2sccn12. The first-order valence-corrected chi connectivity index (χ1v) is 13.4. The summed E-state index contributed by atoms with van der Waals surface area (Å²) in [5.41, 5.74) is 0.559. The minimum atomic E-state index is -2.62. The van der Waals surface area contributed by atoms with Gasteiger partial charge in [-0.3, -0.25) is 4.40 Å². The van der Waals surface area contributed by atoms with Crippen LogP contribution in [0, 0.1) is 0 Å². The van der Waals surface area contributed by atoms with Gasteiger partial charge in [0.1, 0.15) is 15.9 Å². The van der Waals surface area contributed by atoms with Crippen molar-refractivity contribution >= 4 is 50.7 Å². The molecular formula is C27H22N2O2PS+. The average molecular weight is 470 g/mol. The molecule has 2 aromatic heterocycles. The summed E-state index contributed by atoms with van der Waals surface area (Å²) in [6.45, 7) is 2.41. The molecule has 0 atom stereocenters. The first kappa shape index (κ1) is 21.4. The van der Waals surface area contributed by atoms with Gasteiger partial charge >= 0.3 is 0 Å². The third-order valence-corrected chi connectivity index (χ3v) is 10.5. The molecule has 0 aliphatic heterocycles. The van der Waals surface area contributed by atoms with E-state index in [4.69, 9.17) is 9.72 Å². The third-order valence-electron chi connectivity index (χ3n) is 5.59. The molecule has 0 radical (unpaired) electrons. The summed E-state index contributed by atoms with van der Waals surface area (Å²) in [6.07, 6.45) is 1.93. The van der Waals surface area contributed by atoms with Crippen LogP contribution in [-0.4, -0.2) is 21.9 Å². The van der Waals surface area contributed by atoms with E-state index in [9.17, 15) is 4.79 Å². The Balaban J connectivity index is 1.92. The number of imidazole rings is 1. The average Bonchev–Trinajstić information content (AvgIpc) is 3.47. The highest BCUT2D eigenvalue weighted by Gasteiger charge is 2.53. The van der Waals surface area contributed by atoms with Crippen LogP contribution in [0.1, 0.15) is 12.6 Å². The zero-order valence-corrected chi connectivity index (χ0v) is 19.8. The van der Waals surface area contributed by atoms with Gasteiger partial charge in [0.15, 0.2) is 23.9 Å². The molecular weight excluding hydrogens is 447 g/mol. The van der Waals surface area contributed by atoms with Crippen LogP contribution in [0.25, 0.3) is 10.3 Å². The number of ether oxygens (including phenoxy) is 1. The molecule has 0 saturated heterocycles. The van der Waals surface area contributed by atoms with Crippen molar-refractivity contribution in [3.05, 3.63) is 108 Å². The first-order chi connectivity index (χ1) is 16.3. The molecule has 0 amide bonds. The summed E-state index contributed by atoms with van der Waals surface area (Å²) in [6, 6.07) is 30.7. The minimum Gasteiger partial charge on any atom is -0.477 e. The molecule has 5 rings (SSSR count). The molecule has 0 N–H and O–H groups in total. The maximum atomic E-state index is 13.0. The van der Waals surface area contributed by atoms with Gasteiger partial charge in [-0.2, -0.15) is 0 Å². The third kappa shape index (κ3) is 3.51. The zero-order valence-electron chi connectivity index (χ0n) is 18.1. The van der Waals surface area contributed by atoms with Crippen LogP contribution in [0.15, 0.2) is 103 Å². The molecule has 162 valence electrons. The Morgan fingerprint density at radius 1 is 0.909 bits per heavy atom. The maximum absolute atomic E-state index is 13.0. The van der Waals surface area contributed by atoms with Crippen molar-refractivity contribution in [1.82, 2.24) is 9.38 Å². The molecule has 0 aliphatic rings. The molecule has 0 aliphatic carbocycles. The van der Waals surface area contributed by atoms with E-state index in [1.807, 2.05) is 77.5 Å². The Labute approximate surface area is 197 Å². The van der Waals surface area contributed by atoms with E-state index in [2.05, 4.69) is 42.3 Å². The molecule has 33 heavy (non-hydrogen) atoms. The Morgan fingerprint density at radius 3 is 1.88 bits per heavy atom. The molecule has 0 saturated carbocycles. The van der Waals surface area contributed by atoms with Crippen molar-refractivity contribution in [2.24, 2.45) is 0 Å². The van der Waals surface area contributed by atoms with Gasteiger partial charge in [0.05, 0.1) is 6.61 Å². The fourth-order valence-electron chi connectivity index (χ4n) is 4.26. The van der Waals surface area contributed by atoms with Crippen LogP contribution in [0.4, 0.5) is 0 Å². The summed E-state index contributed by atoms with van der Waals surface area (Å²) in [7, 11) is -2.62. The van der Waals surface area contributed by atoms with E-state index >= 15 is 0 Å². The molecule has 0 bridgehead atoms. The largest absolute Gasteiger partial charge is 0.477 e. The molecule has 6 heteroatoms. The highest BCUT2D eigenvalue weighted by molar-refractivity contribution is 8.03. The first-order valence-electron chi connectivity index (χ1n) is 10.7. The topological polar surface area (TPSA) is 43.6 Å². The lowest BCUT2D eigenvalue weighted by Gasteiger charge is -2.27. The van der Waals surface area contributed by atoms with Crippen molar-refractivity contribution < 1.29 is 9.53 Å². The van der Waals surface area contributed by atoms with Crippen LogP contribution < -0.4 is 20.7 Å². The Hall–Kier alpha value is -3.49. The summed E-state index contributed by atoms with van der Waals surface area (Å²) < 4.78 is 7.97. The fraction of sp³-hybridized carbons (Fsp3) is 0.0741. The molecule has 2 heterocycles. The normalized spacial score (nSPS) is 11.3. The lowest BCUT2D eigenvalue weighted by molar-refractivity contribution is 0.323. The van der Waals surface area contributed by atoms with Gasteiger partial charge in [0.2, 0.25) is 11.2 Å². The number of nitrogens with zero attached hydrogens (tertiary/aromatic N) is 2. The molecule has 0 fully saturated rings. The smallest absolute Gasteiger partial charge is 0.231 e. The lowest BCUT2D eigenvalue weighted by atomic mass is 10.3. The predicted molar refractivity (Wildman–Crippen MR) is 138 cm³/mol. The highest BCUT2D eigenvalue weighted by atomic mass is 32.1. The number of aromatic nitrogens is 2. The van der Waals surface area contributed by atoms with Crippen molar-refractivity contribution in [3.8, 4) is 5.88 Å². The van der Waals surface area contributed by atoms with Crippen LogP contribution in [0.2, 0.25) is 0 Å². The zero-order chi connectivity index (χ0) is 22.7. The molecule has 5 aromatic rings. The number of benzene rings is 3. The lowest BCUT2D eigenvalue weighted by Crippen LogP contribution is -2.32. The predicted octanol–water partition coefficient (Wildman–Crippen LogP) is 4.96. The second-order valence-corrected chi connectivity index (χ2v) is 11.6. The summed E-state index contributed by atoms with van der Waals surface area (Å²) in [4.78, 5) is 18.7. The quantitative estimate of drug-likeness (QED) is 0.250. The van der Waals surface area contributed by atoms with Gasteiger partial charge in [0.25, 0.3) is 0 Å². The molecule has 4 nitrogen and oxygen atoms in total. The Morgan fingerprint density at radius 2 is 1.42 bits per heavy atom. The standard InChI is InChI=1S/C27H22N2O2PS/c1-2-31-26-25(28-27-29(26)18-19-33-27)24(20-30)32(21-12-6-3-7-13-21,22-14-8-4-9-15-22)23-16-10-5-11-17-23/h3-19H,2H2,1H3/q+1. The van der Waals surface area contributed by atoms with Gasteiger partial charge in [0, 0.05) is 11.6 Å². The Kier molecular flexibility index (Phi) is 5.93. The van der Waals surface area contributed by atoms with Gasteiger partial charge in [-0.15, -0.1) is 11.3 Å². The van der Waals surface area contributed by atoms with Gasteiger partial charge in [-0.1, -0.05) is 54.6 Å². The number of fused-ring (bicyclic) bond motifs is 1. The second kappa shape index (κ2) is 9.17. The number of hydrogen-bond acceptors (Lipinski definition) is 4. The summed E-state index contributed by atoms with van der Waals surface area (Å²) in [5, 5.41) is 5.71. The highest BCUT2D eigenvalue weighted by Crippen LogP contribution is 2.66. The van der Waals surface area contributed by atoms with Crippen molar-refractivity contribution in [2.45, 2.75) is 6.92 Å². The number of carbonyl (C=O) groups excluding carboxylic acids is 1. The Bertz CT molecular complexity index is 1330. The van der Waals surface area contributed by atoms with Gasteiger partial charge in [-0.25, -0.2) is 9.78 Å². The number of hydrogen-bond donors (Lipinski definition) is 0. The van der Waals surface area contributed by atoms with E-state index in [0.29, 0.717) is 23.5 Å². The summed E-state index contributed by atoms with van der Waals surface area (Å²) in [5.74, 6) is 2.95. The van der Waals surface area contributed by atoms with Crippen LogP contribution in [-0.2, 0) is 4.79 Å². The maximum Gasteiger partial charge on any atom is 0.231 e. The molecule has 0 unspecified atom stereocenters. The second-order valence-electron chi connectivity index (χ2n) is 7.38. The minimum absolute atomic E-state index is 0.468. The van der Waals surface area contributed by atoms with Crippen LogP contribution >= 0.6 is 18.6 Å². The summed E-state index contributed by atoms with van der Waals surface area (Å²) >= 11 is 1.52. The van der Waals surface area contributed by atoms with Gasteiger partial charge in [-0.05, 0) is 43.3 Å². The molecule has 3 aromatic carbocycles. The van der Waals surface area contributed by atoms with E-state index in [-0.39, 0.29) is 0 Å². The monoisotopic (exact) mass is 469 g/mol. The fourth-order valence-corrected chi connectivity index (χ4v) is 9.09. The van der Waals surface area contributed by atoms with Crippen LogP contribution in [0.5, 0.6) is 5.88 Å². The molecule has 0 spiro atoms. The van der Waals surface area contributed by atoms with Crippen molar-refractivity contribution in [3.63, 3.8) is 0 Å². The van der Waals surface area contributed by atoms with Crippen LogP contribution in [0.3, 0.4) is 0 Å². The van der Waals surface area contributed by atoms with E-state index in [1.165, 1.54) is 11.3 Å². The van der Waals surface area contributed by atoms with Crippen molar-refractivity contribution in [1.29, 1.82) is 0 Å². The van der Waals surface area contributed by atoms with Gasteiger partial charge < -0.3 is 4.74 Å². The van der Waals surface area contributed by atoms with E-state index < -0.39 is 7.26 Å². The number of thiazole rings is 1. The van der Waals surface area contributed by atoms with E-state index in [0.717, 1.165) is 20.9 Å². The van der Waals surface area contributed by atoms with E-state index in [1.54, 1.807) is 0 Å².